The third-order valence-corrected chi connectivity index (χ3v) is 1.74. The number of nitrogen functional groups attached to an aromatic ring is 1. The zero-order valence-corrected chi connectivity index (χ0v) is 7.89. The summed E-state index contributed by atoms with van der Waals surface area (Å²) in [6.07, 6.45) is 1.47. The molecule has 0 aliphatic rings. The Labute approximate surface area is 85.6 Å². The molecule has 0 fully saturated rings. The van der Waals surface area contributed by atoms with Crippen molar-refractivity contribution < 1.29 is 13.6 Å². The summed E-state index contributed by atoms with van der Waals surface area (Å²) >= 11 is 0. The average Bonchev–Trinajstić information content (AvgIpc) is 2.20. The Morgan fingerprint density at radius 2 is 2.07 bits per heavy atom. The monoisotopic (exact) mass is 212 g/mol. The zero-order valence-electron chi connectivity index (χ0n) is 7.89. The smallest absolute Gasteiger partial charge is 0.253 e. The van der Waals surface area contributed by atoms with Gasteiger partial charge in [-0.2, -0.15) is 0 Å². The Kier molecular flexibility index (Phi) is 3.38. The molecule has 0 heterocycles. The molecule has 0 atom stereocenters. The van der Waals surface area contributed by atoms with E-state index in [1.54, 1.807) is 0 Å². The van der Waals surface area contributed by atoms with Crippen LogP contribution in [0.1, 0.15) is 10.4 Å². The van der Waals surface area contributed by atoms with Crippen LogP contribution in [0.2, 0.25) is 0 Å². The summed E-state index contributed by atoms with van der Waals surface area (Å²) in [5.74, 6) is -2.74. The first-order valence-corrected chi connectivity index (χ1v) is 4.20. The van der Waals surface area contributed by atoms with E-state index in [4.69, 9.17) is 5.73 Å². The van der Waals surface area contributed by atoms with Crippen molar-refractivity contribution in [3.63, 3.8) is 0 Å². The topological polar surface area (TPSA) is 55.1 Å². The van der Waals surface area contributed by atoms with Crippen molar-refractivity contribution >= 4 is 11.6 Å². The van der Waals surface area contributed by atoms with Crippen LogP contribution in [-0.4, -0.2) is 12.5 Å². The lowest BCUT2D eigenvalue weighted by Gasteiger charge is -2.06. The number of amides is 1. The van der Waals surface area contributed by atoms with Gasteiger partial charge in [-0.25, -0.2) is 8.78 Å². The minimum Gasteiger partial charge on any atom is -0.398 e. The minimum absolute atomic E-state index is 0.0873. The molecule has 0 unspecified atom stereocenters. The lowest BCUT2D eigenvalue weighted by molar-refractivity contribution is 0.0958. The van der Waals surface area contributed by atoms with E-state index in [0.29, 0.717) is 0 Å². The summed E-state index contributed by atoms with van der Waals surface area (Å²) in [5.41, 5.74) is 5.18. The lowest BCUT2D eigenvalue weighted by Crippen LogP contribution is -2.24. The SMILES string of the molecule is C=CCNC(=O)c1cc(F)c(F)cc1N. The third kappa shape index (κ3) is 2.52. The van der Waals surface area contributed by atoms with Gasteiger partial charge in [-0.3, -0.25) is 4.79 Å². The number of nitrogens with two attached hydrogens (primary N) is 1. The first kappa shape index (κ1) is 11.2. The van der Waals surface area contributed by atoms with Gasteiger partial charge in [0.25, 0.3) is 5.91 Å². The van der Waals surface area contributed by atoms with Crippen molar-refractivity contribution in [2.24, 2.45) is 0 Å². The summed E-state index contributed by atoms with van der Waals surface area (Å²) in [7, 11) is 0. The Hall–Kier alpha value is -1.91. The molecule has 1 amide bonds. The van der Waals surface area contributed by atoms with Crippen LogP contribution < -0.4 is 11.1 Å². The fourth-order valence-corrected chi connectivity index (χ4v) is 1.02. The molecule has 3 N–H and O–H groups in total. The second kappa shape index (κ2) is 4.54. The maximum Gasteiger partial charge on any atom is 0.253 e. The molecule has 0 saturated heterocycles. The Morgan fingerprint density at radius 3 is 2.67 bits per heavy atom. The van der Waals surface area contributed by atoms with E-state index in [1.807, 2.05) is 0 Å². The molecule has 3 nitrogen and oxygen atoms in total. The van der Waals surface area contributed by atoms with Gasteiger partial charge >= 0.3 is 0 Å². The van der Waals surface area contributed by atoms with E-state index in [0.717, 1.165) is 12.1 Å². The summed E-state index contributed by atoms with van der Waals surface area (Å²) < 4.78 is 25.5. The van der Waals surface area contributed by atoms with Crippen LogP contribution in [0.15, 0.2) is 24.8 Å². The zero-order chi connectivity index (χ0) is 11.4. The highest BCUT2D eigenvalue weighted by Gasteiger charge is 2.13. The molecule has 15 heavy (non-hydrogen) atoms. The second-order valence-corrected chi connectivity index (χ2v) is 2.85. The average molecular weight is 212 g/mol. The number of carbonyl (C=O) groups excluding carboxylic acids is 1. The molecule has 0 aromatic heterocycles. The van der Waals surface area contributed by atoms with E-state index >= 15 is 0 Å². The maximum absolute atomic E-state index is 12.8. The van der Waals surface area contributed by atoms with Gasteiger partial charge in [0.2, 0.25) is 0 Å². The summed E-state index contributed by atoms with van der Waals surface area (Å²) in [6, 6.07) is 1.54. The van der Waals surface area contributed by atoms with Gasteiger partial charge in [0.05, 0.1) is 5.56 Å². The fourth-order valence-electron chi connectivity index (χ4n) is 1.02. The number of carbonyl (C=O) groups is 1. The van der Waals surface area contributed by atoms with Crippen molar-refractivity contribution in [1.29, 1.82) is 0 Å². The maximum atomic E-state index is 12.8. The number of rotatable bonds is 3. The highest BCUT2D eigenvalue weighted by atomic mass is 19.2. The van der Waals surface area contributed by atoms with Crippen molar-refractivity contribution in [2.45, 2.75) is 0 Å². The van der Waals surface area contributed by atoms with E-state index < -0.39 is 17.5 Å². The summed E-state index contributed by atoms with van der Waals surface area (Å²) in [6.45, 7) is 3.63. The molecule has 1 rings (SSSR count). The van der Waals surface area contributed by atoms with Gasteiger partial charge in [0.1, 0.15) is 0 Å². The molecule has 0 bridgehead atoms. The highest BCUT2D eigenvalue weighted by Crippen LogP contribution is 2.16. The van der Waals surface area contributed by atoms with E-state index in [1.165, 1.54) is 6.08 Å². The predicted octanol–water partition coefficient (Wildman–Crippen LogP) is 1.46. The van der Waals surface area contributed by atoms with Crippen molar-refractivity contribution in [2.75, 3.05) is 12.3 Å². The van der Waals surface area contributed by atoms with Crippen molar-refractivity contribution in [3.05, 3.63) is 42.0 Å². The summed E-state index contributed by atoms with van der Waals surface area (Å²) in [4.78, 5) is 11.4. The Balaban J connectivity index is 2.98. The van der Waals surface area contributed by atoms with Crippen molar-refractivity contribution in [3.8, 4) is 0 Å². The fraction of sp³-hybridized carbons (Fsp3) is 0.100. The number of hydrogen-bond acceptors (Lipinski definition) is 2. The van der Waals surface area contributed by atoms with Gasteiger partial charge in [-0.1, -0.05) is 6.08 Å². The molecule has 0 aliphatic carbocycles. The second-order valence-electron chi connectivity index (χ2n) is 2.85. The number of nitrogens with one attached hydrogen (secondary N) is 1. The van der Waals surface area contributed by atoms with E-state index in [9.17, 15) is 13.6 Å². The largest absolute Gasteiger partial charge is 0.398 e. The van der Waals surface area contributed by atoms with Gasteiger partial charge in [-0.15, -0.1) is 6.58 Å². The molecular weight excluding hydrogens is 202 g/mol. The molecule has 1 aromatic rings. The number of anilines is 1. The standard InChI is InChI=1S/C10H10F2N2O/c1-2-3-14-10(15)6-4-7(11)8(12)5-9(6)13/h2,4-5H,1,3,13H2,(H,14,15). The van der Waals surface area contributed by atoms with Crippen LogP contribution in [0.5, 0.6) is 0 Å². The third-order valence-electron chi connectivity index (χ3n) is 1.74. The normalized spacial score (nSPS) is 9.73. The minimum atomic E-state index is -1.10. The molecular formula is C10H10F2N2O. The van der Waals surface area contributed by atoms with Gasteiger partial charge in [0.15, 0.2) is 11.6 Å². The van der Waals surface area contributed by atoms with Crippen LogP contribution in [0.3, 0.4) is 0 Å². The molecule has 0 aliphatic heterocycles. The van der Waals surface area contributed by atoms with Crippen LogP contribution in [0.25, 0.3) is 0 Å². The Morgan fingerprint density at radius 1 is 1.47 bits per heavy atom. The first-order chi connectivity index (χ1) is 7.06. The first-order valence-electron chi connectivity index (χ1n) is 4.20. The molecule has 1 aromatic carbocycles. The van der Waals surface area contributed by atoms with Crippen molar-refractivity contribution in [1.82, 2.24) is 5.32 Å². The number of hydrogen-bond donors (Lipinski definition) is 2. The highest BCUT2D eigenvalue weighted by molar-refractivity contribution is 5.99. The predicted molar refractivity (Wildman–Crippen MR) is 53.3 cm³/mol. The molecule has 0 radical (unpaired) electrons. The molecule has 5 heteroatoms. The van der Waals surface area contributed by atoms with Crippen LogP contribution >= 0.6 is 0 Å². The van der Waals surface area contributed by atoms with Gasteiger partial charge in [0, 0.05) is 18.3 Å². The number of halogens is 2. The van der Waals surface area contributed by atoms with Crippen LogP contribution in [-0.2, 0) is 0 Å². The van der Waals surface area contributed by atoms with Gasteiger partial charge in [-0.05, 0) is 6.07 Å². The summed E-state index contributed by atoms with van der Waals surface area (Å²) in [5, 5.41) is 2.41. The van der Waals surface area contributed by atoms with Gasteiger partial charge < -0.3 is 11.1 Å². The molecule has 0 spiro atoms. The Bertz CT molecular complexity index is 405. The van der Waals surface area contributed by atoms with E-state index in [2.05, 4.69) is 11.9 Å². The van der Waals surface area contributed by atoms with E-state index in [-0.39, 0.29) is 17.8 Å². The molecule has 80 valence electrons. The molecule has 0 saturated carbocycles. The quantitative estimate of drug-likeness (QED) is 0.588. The van der Waals surface area contributed by atoms with Crippen LogP contribution in [0, 0.1) is 11.6 Å². The van der Waals surface area contributed by atoms with Crippen LogP contribution in [0.4, 0.5) is 14.5 Å². The number of benzene rings is 1. The lowest BCUT2D eigenvalue weighted by atomic mass is 10.1.